The molecule has 1 heterocycles. The van der Waals surface area contributed by atoms with E-state index in [1.807, 2.05) is 6.07 Å². The molecule has 192 valence electrons. The van der Waals surface area contributed by atoms with Gasteiger partial charge in [0.1, 0.15) is 17.2 Å². The topological polar surface area (TPSA) is 65.1 Å². The van der Waals surface area contributed by atoms with Gasteiger partial charge in [-0.15, -0.1) is 13.2 Å². The SMILES string of the molecule is COc1cc2c(c(OC)c1)C(c1cc(Cl)cc(Cl)c1)N(S(=O)(=O)c1ccc(OC(F)(F)F)cc1)CC2. The van der Waals surface area contributed by atoms with Crippen molar-refractivity contribution >= 4 is 33.2 Å². The zero-order chi connectivity index (χ0) is 26.3. The summed E-state index contributed by atoms with van der Waals surface area (Å²) >= 11 is 12.5. The fourth-order valence-electron chi connectivity index (χ4n) is 4.24. The van der Waals surface area contributed by atoms with Crippen LogP contribution in [-0.2, 0) is 16.4 Å². The molecule has 0 amide bonds. The molecule has 3 aromatic carbocycles. The number of alkyl halides is 3. The third kappa shape index (κ3) is 5.36. The van der Waals surface area contributed by atoms with E-state index >= 15 is 0 Å². The van der Waals surface area contributed by atoms with Gasteiger partial charge in [0.25, 0.3) is 0 Å². The first-order valence-corrected chi connectivity index (χ1v) is 12.7. The molecule has 1 aliphatic heterocycles. The zero-order valence-corrected chi connectivity index (χ0v) is 21.3. The third-order valence-electron chi connectivity index (χ3n) is 5.68. The van der Waals surface area contributed by atoms with E-state index in [-0.39, 0.29) is 11.4 Å². The maximum absolute atomic E-state index is 13.8. The summed E-state index contributed by atoms with van der Waals surface area (Å²) < 4.78 is 81.3. The van der Waals surface area contributed by atoms with Gasteiger partial charge in [0, 0.05) is 28.2 Å². The molecule has 0 saturated heterocycles. The van der Waals surface area contributed by atoms with Gasteiger partial charge in [0.05, 0.1) is 25.2 Å². The van der Waals surface area contributed by atoms with Crippen molar-refractivity contribution in [2.75, 3.05) is 20.8 Å². The van der Waals surface area contributed by atoms with E-state index in [9.17, 15) is 21.6 Å². The number of fused-ring (bicyclic) bond motifs is 1. The van der Waals surface area contributed by atoms with Gasteiger partial charge < -0.3 is 14.2 Å². The summed E-state index contributed by atoms with van der Waals surface area (Å²) in [5, 5.41) is 0.617. The van der Waals surface area contributed by atoms with Gasteiger partial charge in [0.15, 0.2) is 0 Å². The molecule has 0 bridgehead atoms. The molecule has 0 saturated carbocycles. The normalized spacial score (nSPS) is 16.4. The Labute approximate surface area is 216 Å². The van der Waals surface area contributed by atoms with E-state index in [1.54, 1.807) is 18.2 Å². The predicted octanol–water partition coefficient (Wildman–Crippen LogP) is 6.25. The Morgan fingerprint density at radius 1 is 0.917 bits per heavy atom. The van der Waals surface area contributed by atoms with E-state index in [1.165, 1.54) is 24.6 Å². The van der Waals surface area contributed by atoms with Gasteiger partial charge >= 0.3 is 6.36 Å². The number of sulfonamides is 1. The number of benzene rings is 3. The highest BCUT2D eigenvalue weighted by molar-refractivity contribution is 7.89. The van der Waals surface area contributed by atoms with Crippen molar-refractivity contribution in [1.29, 1.82) is 0 Å². The van der Waals surface area contributed by atoms with Crippen molar-refractivity contribution < 1.29 is 35.8 Å². The van der Waals surface area contributed by atoms with Crippen LogP contribution in [0.3, 0.4) is 0 Å². The highest BCUT2D eigenvalue weighted by Crippen LogP contribution is 2.45. The molecule has 4 rings (SSSR count). The van der Waals surface area contributed by atoms with Crippen LogP contribution in [-0.4, -0.2) is 39.8 Å². The Morgan fingerprint density at radius 3 is 2.11 bits per heavy atom. The molecule has 0 aliphatic carbocycles. The van der Waals surface area contributed by atoms with Crippen molar-refractivity contribution in [3.8, 4) is 17.2 Å². The zero-order valence-electron chi connectivity index (χ0n) is 19.0. The van der Waals surface area contributed by atoms with Gasteiger partial charge in [-0.2, -0.15) is 4.31 Å². The van der Waals surface area contributed by atoms with Crippen LogP contribution in [0.2, 0.25) is 10.0 Å². The molecule has 1 unspecified atom stereocenters. The van der Waals surface area contributed by atoms with Gasteiger partial charge in [0.2, 0.25) is 10.0 Å². The molecule has 0 fully saturated rings. The first-order chi connectivity index (χ1) is 16.9. The first-order valence-electron chi connectivity index (χ1n) is 10.5. The first kappa shape index (κ1) is 26.4. The van der Waals surface area contributed by atoms with Crippen LogP contribution in [0.25, 0.3) is 0 Å². The van der Waals surface area contributed by atoms with Crippen LogP contribution >= 0.6 is 23.2 Å². The molecular weight excluding hydrogens is 542 g/mol. The lowest BCUT2D eigenvalue weighted by Gasteiger charge is -2.37. The Hall–Kier alpha value is -2.66. The quantitative estimate of drug-likeness (QED) is 0.356. The Balaban J connectivity index is 1.86. The summed E-state index contributed by atoms with van der Waals surface area (Å²) in [6.45, 7) is 0.0707. The molecule has 6 nitrogen and oxygen atoms in total. The molecule has 1 atom stereocenters. The maximum Gasteiger partial charge on any atom is 0.573 e. The largest absolute Gasteiger partial charge is 0.573 e. The fourth-order valence-corrected chi connectivity index (χ4v) is 6.37. The monoisotopic (exact) mass is 561 g/mol. The summed E-state index contributed by atoms with van der Waals surface area (Å²) in [7, 11) is -1.23. The molecule has 0 N–H and O–H groups in total. The summed E-state index contributed by atoms with van der Waals surface area (Å²) in [4.78, 5) is -0.203. The molecule has 36 heavy (non-hydrogen) atoms. The van der Waals surface area contributed by atoms with Crippen LogP contribution in [0.1, 0.15) is 22.7 Å². The van der Waals surface area contributed by atoms with Crippen molar-refractivity contribution in [1.82, 2.24) is 4.31 Å². The summed E-state index contributed by atoms with van der Waals surface area (Å²) in [5.41, 5.74) is 1.90. The number of hydrogen-bond acceptors (Lipinski definition) is 5. The van der Waals surface area contributed by atoms with Crippen molar-refractivity contribution in [3.63, 3.8) is 0 Å². The Morgan fingerprint density at radius 2 is 1.56 bits per heavy atom. The van der Waals surface area contributed by atoms with E-state index < -0.39 is 28.2 Å². The van der Waals surface area contributed by atoms with Crippen LogP contribution in [0.5, 0.6) is 17.2 Å². The minimum Gasteiger partial charge on any atom is -0.497 e. The molecule has 0 radical (unpaired) electrons. The highest BCUT2D eigenvalue weighted by atomic mass is 35.5. The fraction of sp³-hybridized carbons (Fsp3) is 0.250. The molecular formula is C24H20Cl2F3NO5S. The van der Waals surface area contributed by atoms with Crippen molar-refractivity contribution in [3.05, 3.63) is 81.3 Å². The smallest absolute Gasteiger partial charge is 0.497 e. The molecule has 12 heteroatoms. The number of hydrogen-bond donors (Lipinski definition) is 0. The highest BCUT2D eigenvalue weighted by Gasteiger charge is 2.40. The summed E-state index contributed by atoms with van der Waals surface area (Å²) in [5.74, 6) is 0.418. The number of halogens is 5. The third-order valence-corrected chi connectivity index (χ3v) is 8.00. The molecule has 3 aromatic rings. The second-order valence-corrected chi connectivity index (χ2v) is 10.7. The van der Waals surface area contributed by atoms with E-state index in [4.69, 9.17) is 32.7 Å². The molecule has 0 spiro atoms. The van der Waals surface area contributed by atoms with Gasteiger partial charge in [-0.05, 0) is 66.1 Å². The average molecular weight is 562 g/mol. The van der Waals surface area contributed by atoms with Crippen molar-refractivity contribution in [2.24, 2.45) is 0 Å². The number of rotatable bonds is 6. The van der Waals surface area contributed by atoms with Gasteiger partial charge in [-0.3, -0.25) is 0 Å². The van der Waals surface area contributed by atoms with E-state index in [0.717, 1.165) is 29.8 Å². The van der Waals surface area contributed by atoms with Gasteiger partial charge in [-0.25, -0.2) is 8.42 Å². The standard InChI is InChI=1S/C24H20Cl2F3NO5S/c1-33-19-11-14-7-8-30(36(31,32)20-5-3-18(4-6-20)35-24(27,28)29)23(22(14)21(13-19)34-2)15-9-16(25)12-17(26)10-15/h3-6,9-13,23H,7-8H2,1-2H3. The molecule has 1 aliphatic rings. The lowest BCUT2D eigenvalue weighted by Crippen LogP contribution is -2.40. The minimum atomic E-state index is -4.90. The minimum absolute atomic E-state index is 0.0707. The van der Waals surface area contributed by atoms with Crippen LogP contribution < -0.4 is 14.2 Å². The number of nitrogens with zero attached hydrogens (tertiary/aromatic N) is 1. The Bertz CT molecular complexity index is 1340. The van der Waals surface area contributed by atoms with Gasteiger partial charge in [-0.1, -0.05) is 23.2 Å². The summed E-state index contributed by atoms with van der Waals surface area (Å²) in [6, 6.07) is 11.4. The van der Waals surface area contributed by atoms with E-state index in [0.29, 0.717) is 39.1 Å². The lowest BCUT2D eigenvalue weighted by atomic mass is 9.88. The molecule has 0 aromatic heterocycles. The average Bonchev–Trinajstić information content (AvgIpc) is 2.81. The second-order valence-electron chi connectivity index (χ2n) is 7.89. The van der Waals surface area contributed by atoms with Crippen LogP contribution in [0, 0.1) is 0 Å². The lowest BCUT2D eigenvalue weighted by molar-refractivity contribution is -0.274. The number of methoxy groups -OCH3 is 2. The van der Waals surface area contributed by atoms with Crippen molar-refractivity contribution in [2.45, 2.75) is 23.7 Å². The van der Waals surface area contributed by atoms with E-state index in [2.05, 4.69) is 4.74 Å². The predicted molar refractivity (Wildman–Crippen MR) is 129 cm³/mol. The van der Waals surface area contributed by atoms with Crippen LogP contribution in [0.4, 0.5) is 13.2 Å². The number of ether oxygens (including phenoxy) is 3. The Kier molecular flexibility index (Phi) is 7.34. The van der Waals surface area contributed by atoms with Crippen LogP contribution in [0.15, 0.2) is 59.5 Å². The summed E-state index contributed by atoms with van der Waals surface area (Å²) in [6.07, 6.45) is -4.56. The second kappa shape index (κ2) is 10.0. The maximum atomic E-state index is 13.8.